The summed E-state index contributed by atoms with van der Waals surface area (Å²) in [5, 5.41) is 0. The van der Waals surface area contributed by atoms with Gasteiger partial charge in [0, 0.05) is 0 Å². The summed E-state index contributed by atoms with van der Waals surface area (Å²) in [5.41, 5.74) is 0. The summed E-state index contributed by atoms with van der Waals surface area (Å²) < 4.78 is 28.4. The molecule has 3 nitrogen and oxygen atoms in total. The first kappa shape index (κ1) is 20.0. The Labute approximate surface area is 147 Å². The molecule has 0 aliphatic rings. The van der Waals surface area contributed by atoms with Crippen molar-refractivity contribution in [2.24, 2.45) is 0 Å². The van der Waals surface area contributed by atoms with Gasteiger partial charge in [0.25, 0.3) is 0 Å². The van der Waals surface area contributed by atoms with Crippen molar-refractivity contribution in [3.05, 3.63) is 30.3 Å². The molecule has 0 saturated carbocycles. The van der Waals surface area contributed by atoms with Crippen LogP contribution < -0.4 is 33.7 Å². The van der Waals surface area contributed by atoms with Gasteiger partial charge in [-0.15, -0.1) is 0 Å². The molecule has 0 spiro atoms. The average Bonchev–Trinajstić information content (AvgIpc) is 2.38. The second-order valence-corrected chi connectivity index (χ2v) is 6.47. The molecule has 1 rings (SSSR count). The van der Waals surface area contributed by atoms with Crippen LogP contribution in [-0.2, 0) is 10.1 Å². The van der Waals surface area contributed by atoms with Crippen LogP contribution >= 0.6 is 0 Å². The number of hydrogen-bond acceptors (Lipinski definition) is 3. The Morgan fingerprint density at radius 1 is 0.950 bits per heavy atom. The quantitative estimate of drug-likeness (QED) is 0.371. The van der Waals surface area contributed by atoms with Gasteiger partial charge in [-0.2, -0.15) is 8.42 Å². The van der Waals surface area contributed by atoms with E-state index in [2.05, 4.69) is 6.92 Å². The number of para-hydroxylation sites is 1. The molecule has 1 aromatic rings. The zero-order chi connectivity index (χ0) is 14.0. The summed E-state index contributed by atoms with van der Waals surface area (Å²) in [6.07, 6.45) is 7.72. The largest absolute Gasteiger partial charge is 1.00 e. The first-order valence-electron chi connectivity index (χ1n) is 7.11. The van der Waals surface area contributed by atoms with E-state index < -0.39 is 10.1 Å². The SMILES string of the molecule is CCCCCCCCCS(=O)(=O)Oc1ccccc1.[H-].[Na+]. The van der Waals surface area contributed by atoms with E-state index in [-0.39, 0.29) is 36.7 Å². The Balaban J connectivity index is 0. The van der Waals surface area contributed by atoms with Crippen molar-refractivity contribution in [2.75, 3.05) is 5.75 Å². The van der Waals surface area contributed by atoms with Gasteiger partial charge >= 0.3 is 39.7 Å². The van der Waals surface area contributed by atoms with E-state index in [1.165, 1.54) is 25.7 Å². The summed E-state index contributed by atoms with van der Waals surface area (Å²) in [6.45, 7) is 2.19. The van der Waals surface area contributed by atoms with Crippen LogP contribution in [0.1, 0.15) is 53.3 Å². The van der Waals surface area contributed by atoms with E-state index in [9.17, 15) is 8.42 Å². The molecular weight excluding hydrogens is 283 g/mol. The predicted octanol–water partition coefficient (Wildman–Crippen LogP) is 1.26. The molecule has 0 fully saturated rings. The third-order valence-corrected chi connectivity index (χ3v) is 4.20. The summed E-state index contributed by atoms with van der Waals surface area (Å²) >= 11 is 0. The number of rotatable bonds is 10. The van der Waals surface area contributed by atoms with Gasteiger partial charge in [0.1, 0.15) is 5.75 Å². The van der Waals surface area contributed by atoms with E-state index in [1.807, 2.05) is 6.07 Å². The van der Waals surface area contributed by atoms with Gasteiger partial charge in [0.2, 0.25) is 0 Å². The Kier molecular flexibility index (Phi) is 11.6. The molecule has 0 saturated heterocycles. The maximum atomic E-state index is 11.7. The molecule has 1 aromatic carbocycles. The van der Waals surface area contributed by atoms with E-state index >= 15 is 0 Å². The van der Waals surface area contributed by atoms with Gasteiger partial charge in [-0.25, -0.2) is 0 Å². The van der Waals surface area contributed by atoms with Crippen molar-refractivity contribution < 1.29 is 43.6 Å². The van der Waals surface area contributed by atoms with Crippen molar-refractivity contribution in [1.29, 1.82) is 0 Å². The summed E-state index contributed by atoms with van der Waals surface area (Å²) in [5.74, 6) is 0.501. The monoisotopic (exact) mass is 308 g/mol. The first-order chi connectivity index (χ1) is 9.14. The zero-order valence-corrected chi connectivity index (χ0v) is 15.5. The molecule has 0 amide bonds. The van der Waals surface area contributed by atoms with Crippen LogP contribution in [0.4, 0.5) is 0 Å². The van der Waals surface area contributed by atoms with E-state index in [4.69, 9.17) is 4.18 Å². The topological polar surface area (TPSA) is 43.4 Å². The zero-order valence-electron chi connectivity index (χ0n) is 13.7. The van der Waals surface area contributed by atoms with E-state index in [1.54, 1.807) is 24.3 Å². The molecule has 0 atom stereocenters. The molecule has 110 valence electrons. The first-order valence-corrected chi connectivity index (χ1v) is 8.69. The van der Waals surface area contributed by atoms with Crippen LogP contribution in [0.2, 0.25) is 0 Å². The van der Waals surface area contributed by atoms with E-state index in [0.717, 1.165) is 12.8 Å². The minimum Gasteiger partial charge on any atom is -1.00 e. The van der Waals surface area contributed by atoms with Crippen LogP contribution in [0.25, 0.3) is 0 Å². The standard InChI is InChI=1S/C15H24O3S.Na.H/c1-2-3-4-5-6-7-11-14-19(16,17)18-15-12-9-8-10-13-15;;/h8-10,12-13H,2-7,11,14H2,1H3;;/q;+1;-1. The average molecular weight is 308 g/mol. The fourth-order valence-corrected chi connectivity index (χ4v) is 2.95. The van der Waals surface area contributed by atoms with E-state index in [0.29, 0.717) is 12.2 Å². The molecule has 5 heteroatoms. The molecule has 0 radical (unpaired) electrons. The second-order valence-electron chi connectivity index (χ2n) is 4.78. The molecule has 0 N–H and O–H groups in total. The smallest absolute Gasteiger partial charge is 1.00 e. The number of unbranched alkanes of at least 4 members (excludes halogenated alkanes) is 6. The molecule has 0 aliphatic heterocycles. The van der Waals surface area contributed by atoms with Gasteiger partial charge in [0.05, 0.1) is 5.75 Å². The Morgan fingerprint density at radius 2 is 1.50 bits per heavy atom. The predicted molar refractivity (Wildman–Crippen MR) is 80.0 cm³/mol. The molecule has 20 heavy (non-hydrogen) atoms. The van der Waals surface area contributed by atoms with Crippen molar-refractivity contribution in [2.45, 2.75) is 51.9 Å². The fraction of sp³-hybridized carbons (Fsp3) is 0.600. The maximum Gasteiger partial charge on any atom is 1.00 e. The minimum atomic E-state index is -3.43. The Bertz CT molecular complexity index is 437. The van der Waals surface area contributed by atoms with Crippen molar-refractivity contribution in [1.82, 2.24) is 0 Å². The van der Waals surface area contributed by atoms with Gasteiger partial charge in [-0.1, -0.05) is 63.6 Å². The molecule has 0 aromatic heterocycles. The fourth-order valence-electron chi connectivity index (χ4n) is 1.90. The molecular formula is C15H25NaO3S. The Hall–Kier alpha value is -0.0300. The second kappa shape index (κ2) is 11.6. The van der Waals surface area contributed by atoms with Crippen LogP contribution in [0.15, 0.2) is 30.3 Å². The van der Waals surface area contributed by atoms with Gasteiger partial charge in [-0.3, -0.25) is 0 Å². The molecule has 0 aliphatic carbocycles. The summed E-state index contributed by atoms with van der Waals surface area (Å²) in [6, 6.07) is 8.66. The minimum absolute atomic E-state index is 0. The molecule has 0 heterocycles. The maximum absolute atomic E-state index is 11.7. The summed E-state index contributed by atoms with van der Waals surface area (Å²) in [4.78, 5) is 0. The van der Waals surface area contributed by atoms with Gasteiger partial charge in [-0.05, 0) is 18.6 Å². The van der Waals surface area contributed by atoms with Gasteiger partial charge in [0.15, 0.2) is 0 Å². The Morgan fingerprint density at radius 3 is 2.10 bits per heavy atom. The van der Waals surface area contributed by atoms with Crippen molar-refractivity contribution >= 4 is 10.1 Å². The number of hydrogen-bond donors (Lipinski definition) is 0. The molecule has 0 bridgehead atoms. The van der Waals surface area contributed by atoms with Crippen molar-refractivity contribution in [3.8, 4) is 5.75 Å². The number of benzene rings is 1. The van der Waals surface area contributed by atoms with Gasteiger partial charge < -0.3 is 5.61 Å². The molecule has 0 unspecified atom stereocenters. The van der Waals surface area contributed by atoms with Crippen LogP contribution in [0, 0.1) is 0 Å². The summed E-state index contributed by atoms with van der Waals surface area (Å²) in [7, 11) is -3.43. The van der Waals surface area contributed by atoms with Crippen LogP contribution in [0.3, 0.4) is 0 Å². The normalized spacial score (nSPS) is 10.8. The van der Waals surface area contributed by atoms with Crippen LogP contribution in [0.5, 0.6) is 5.75 Å². The van der Waals surface area contributed by atoms with Crippen molar-refractivity contribution in [3.63, 3.8) is 0 Å². The third kappa shape index (κ3) is 9.81. The van der Waals surface area contributed by atoms with Crippen LogP contribution in [-0.4, -0.2) is 14.2 Å². The third-order valence-electron chi connectivity index (χ3n) is 2.96.